The zero-order valence-corrected chi connectivity index (χ0v) is 27.3. The summed E-state index contributed by atoms with van der Waals surface area (Å²) in [7, 11) is 0. The van der Waals surface area contributed by atoms with Gasteiger partial charge < -0.3 is 9.32 Å². The average molecular weight is 644 g/mol. The summed E-state index contributed by atoms with van der Waals surface area (Å²) < 4.78 is 9.02. The second kappa shape index (κ2) is 11.2. The second-order valence-corrected chi connectivity index (χ2v) is 13.6. The summed E-state index contributed by atoms with van der Waals surface area (Å²) in [4.78, 5) is 2.40. The molecule has 0 amide bonds. The number of furan rings is 1. The van der Waals surface area contributed by atoms with Crippen molar-refractivity contribution >= 4 is 81.3 Å². The van der Waals surface area contributed by atoms with Gasteiger partial charge in [-0.3, -0.25) is 0 Å². The Kier molecular flexibility index (Phi) is 6.39. The van der Waals surface area contributed by atoms with Crippen LogP contribution >= 0.6 is 11.3 Å². The van der Waals surface area contributed by atoms with Crippen molar-refractivity contribution in [1.29, 1.82) is 0 Å². The molecule has 0 aliphatic rings. The minimum atomic E-state index is 0.875. The van der Waals surface area contributed by atoms with Crippen LogP contribution in [0.15, 0.2) is 180 Å². The van der Waals surface area contributed by atoms with E-state index in [0.29, 0.717) is 0 Å². The first-order valence-corrected chi connectivity index (χ1v) is 17.4. The lowest BCUT2D eigenvalue weighted by Gasteiger charge is -2.28. The Balaban J connectivity index is 1.16. The van der Waals surface area contributed by atoms with E-state index in [1.54, 1.807) is 0 Å². The molecule has 10 aromatic rings. The Labute approximate surface area is 287 Å². The van der Waals surface area contributed by atoms with Crippen molar-refractivity contribution in [3.63, 3.8) is 0 Å². The molecule has 0 unspecified atom stereocenters. The topological polar surface area (TPSA) is 16.4 Å². The first-order chi connectivity index (χ1) is 24.3. The number of hydrogen-bond acceptors (Lipinski definition) is 3. The van der Waals surface area contributed by atoms with Crippen LogP contribution in [0.25, 0.3) is 75.1 Å². The Morgan fingerprint density at radius 3 is 2.00 bits per heavy atom. The highest BCUT2D eigenvalue weighted by molar-refractivity contribution is 7.25. The van der Waals surface area contributed by atoms with Crippen molar-refractivity contribution in [3.8, 4) is 22.3 Å². The van der Waals surface area contributed by atoms with Gasteiger partial charge in [0.2, 0.25) is 0 Å². The number of para-hydroxylation sites is 2. The van der Waals surface area contributed by atoms with Gasteiger partial charge in [-0.25, -0.2) is 0 Å². The van der Waals surface area contributed by atoms with E-state index in [0.717, 1.165) is 44.6 Å². The van der Waals surface area contributed by atoms with Gasteiger partial charge in [0.05, 0.1) is 16.8 Å². The van der Waals surface area contributed by atoms with Crippen molar-refractivity contribution in [2.75, 3.05) is 4.90 Å². The fraction of sp³-hybridized carbons (Fsp3) is 0. The van der Waals surface area contributed by atoms with Crippen molar-refractivity contribution < 1.29 is 4.42 Å². The summed E-state index contributed by atoms with van der Waals surface area (Å²) >= 11 is 1.86. The molecule has 0 bridgehead atoms. The van der Waals surface area contributed by atoms with E-state index < -0.39 is 0 Å². The summed E-state index contributed by atoms with van der Waals surface area (Å²) in [5.41, 5.74) is 9.78. The summed E-state index contributed by atoms with van der Waals surface area (Å²) in [5.74, 6) is 0. The molecule has 0 saturated heterocycles. The van der Waals surface area contributed by atoms with E-state index >= 15 is 0 Å². The number of nitrogens with zero attached hydrogens (tertiary/aromatic N) is 1. The van der Waals surface area contributed by atoms with Gasteiger partial charge >= 0.3 is 0 Å². The van der Waals surface area contributed by atoms with Crippen LogP contribution in [0.5, 0.6) is 0 Å². The SMILES string of the molecule is c1ccc(N(c2ccc(-c3ccc4c(c3)sc3ccccc34)cc2)c2cccc3oc4ccccc4c23)c(-c2ccc3ccccc3c2)c1. The Morgan fingerprint density at radius 2 is 1.08 bits per heavy atom. The Hall–Kier alpha value is -6.16. The number of anilines is 3. The lowest BCUT2D eigenvalue weighted by atomic mass is 9.98. The molecule has 0 radical (unpaired) electrons. The Morgan fingerprint density at radius 1 is 0.408 bits per heavy atom. The smallest absolute Gasteiger partial charge is 0.137 e. The molecule has 0 aliphatic heterocycles. The molecular weight excluding hydrogens is 615 g/mol. The number of rotatable bonds is 5. The minimum absolute atomic E-state index is 0.875. The molecule has 3 heteroatoms. The standard InChI is InChI=1S/C46H29NOS/c1-2-11-32-28-34(21-20-30(32)10-1)36-12-3-6-15-40(36)47(41-16-9-18-43-46(41)39-14-4-7-17-42(39)48-43)35-25-22-31(23-26-35)33-24-27-38-37-13-5-8-19-44(37)49-45(38)29-33/h1-29H. The maximum Gasteiger partial charge on any atom is 0.137 e. The van der Waals surface area contributed by atoms with E-state index in [1.807, 2.05) is 17.4 Å². The normalized spacial score (nSPS) is 11.7. The zero-order chi connectivity index (χ0) is 32.3. The molecule has 10 rings (SSSR count). The van der Waals surface area contributed by atoms with Gasteiger partial charge in [0, 0.05) is 36.8 Å². The van der Waals surface area contributed by atoms with Crippen LogP contribution in [0.3, 0.4) is 0 Å². The van der Waals surface area contributed by atoms with E-state index in [9.17, 15) is 0 Å². The van der Waals surface area contributed by atoms with Crippen LogP contribution in [-0.2, 0) is 0 Å². The maximum atomic E-state index is 6.39. The van der Waals surface area contributed by atoms with E-state index in [4.69, 9.17) is 4.42 Å². The summed E-state index contributed by atoms with van der Waals surface area (Å²) in [6.07, 6.45) is 0. The molecular formula is C46H29NOS. The largest absolute Gasteiger partial charge is 0.456 e. The lowest BCUT2D eigenvalue weighted by molar-refractivity contribution is 0.669. The van der Waals surface area contributed by atoms with Crippen molar-refractivity contribution in [2.45, 2.75) is 0 Å². The molecule has 2 nitrogen and oxygen atoms in total. The molecule has 2 aromatic heterocycles. The molecule has 0 saturated carbocycles. The highest BCUT2D eigenvalue weighted by atomic mass is 32.1. The molecule has 2 heterocycles. The number of thiophene rings is 1. The van der Waals surface area contributed by atoms with Gasteiger partial charge in [-0.05, 0) is 82.1 Å². The lowest BCUT2D eigenvalue weighted by Crippen LogP contribution is -2.11. The number of fused-ring (bicyclic) bond motifs is 7. The molecule has 230 valence electrons. The third-order valence-electron chi connectivity index (χ3n) is 9.66. The van der Waals surface area contributed by atoms with Gasteiger partial charge in [0.25, 0.3) is 0 Å². The van der Waals surface area contributed by atoms with Crippen molar-refractivity contribution in [2.24, 2.45) is 0 Å². The molecule has 8 aromatic carbocycles. The van der Waals surface area contributed by atoms with Gasteiger partial charge in [-0.2, -0.15) is 0 Å². The molecule has 0 aliphatic carbocycles. The average Bonchev–Trinajstić information content (AvgIpc) is 3.74. The van der Waals surface area contributed by atoms with Crippen LogP contribution in [0, 0.1) is 0 Å². The molecule has 0 spiro atoms. The summed E-state index contributed by atoms with van der Waals surface area (Å²) in [5, 5.41) is 7.31. The first-order valence-electron chi connectivity index (χ1n) is 16.6. The highest BCUT2D eigenvalue weighted by Gasteiger charge is 2.22. The summed E-state index contributed by atoms with van der Waals surface area (Å²) in [6, 6.07) is 63.3. The van der Waals surface area contributed by atoms with Crippen molar-refractivity contribution in [3.05, 3.63) is 176 Å². The predicted octanol–water partition coefficient (Wildman–Crippen LogP) is 13.9. The number of benzene rings is 8. The first kappa shape index (κ1) is 27.9. The molecule has 0 N–H and O–H groups in total. The van der Waals surface area contributed by atoms with E-state index in [-0.39, 0.29) is 0 Å². The van der Waals surface area contributed by atoms with Gasteiger partial charge in [-0.1, -0.05) is 121 Å². The third-order valence-corrected chi connectivity index (χ3v) is 10.8. The minimum Gasteiger partial charge on any atom is -0.456 e. The van der Waals surface area contributed by atoms with Crippen LogP contribution in [0.1, 0.15) is 0 Å². The van der Waals surface area contributed by atoms with Crippen molar-refractivity contribution in [1.82, 2.24) is 0 Å². The molecule has 0 fully saturated rings. The summed E-state index contributed by atoms with van der Waals surface area (Å²) in [6.45, 7) is 0. The fourth-order valence-corrected chi connectivity index (χ4v) is 8.47. The molecule has 49 heavy (non-hydrogen) atoms. The molecule has 0 atom stereocenters. The van der Waals surface area contributed by atoms with Crippen LogP contribution < -0.4 is 4.90 Å². The van der Waals surface area contributed by atoms with E-state index in [1.165, 1.54) is 47.6 Å². The number of hydrogen-bond donors (Lipinski definition) is 0. The Bertz CT molecular complexity index is 2840. The van der Waals surface area contributed by atoms with Crippen LogP contribution in [0.2, 0.25) is 0 Å². The van der Waals surface area contributed by atoms with Gasteiger partial charge in [0.1, 0.15) is 11.2 Å². The van der Waals surface area contributed by atoms with Crippen LogP contribution in [-0.4, -0.2) is 0 Å². The van der Waals surface area contributed by atoms with Gasteiger partial charge in [0.15, 0.2) is 0 Å². The monoisotopic (exact) mass is 643 g/mol. The quantitative estimate of drug-likeness (QED) is 0.186. The zero-order valence-electron chi connectivity index (χ0n) is 26.5. The predicted molar refractivity (Wildman–Crippen MR) is 210 cm³/mol. The fourth-order valence-electron chi connectivity index (χ4n) is 7.33. The third kappa shape index (κ3) is 4.62. The maximum absolute atomic E-state index is 6.39. The van der Waals surface area contributed by atoms with E-state index in [2.05, 4.69) is 175 Å². The second-order valence-electron chi connectivity index (χ2n) is 12.5. The van der Waals surface area contributed by atoms with Gasteiger partial charge in [-0.15, -0.1) is 11.3 Å². The highest BCUT2D eigenvalue weighted by Crippen LogP contribution is 2.46. The van der Waals surface area contributed by atoms with Crippen LogP contribution in [0.4, 0.5) is 17.1 Å².